The number of hydrogen-bond acceptors (Lipinski definition) is 2. The van der Waals surface area contributed by atoms with E-state index in [1.165, 1.54) is 6.07 Å². The normalized spacial score (nSPS) is 13.3. The van der Waals surface area contributed by atoms with E-state index in [1.807, 2.05) is 19.0 Å². The van der Waals surface area contributed by atoms with Gasteiger partial charge < -0.3 is 10.6 Å². The number of halogens is 2. The fourth-order valence-corrected chi connectivity index (χ4v) is 1.76. The van der Waals surface area contributed by atoms with Gasteiger partial charge in [-0.3, -0.25) is 0 Å². The minimum Gasteiger partial charge on any atom is -0.329 e. The second-order valence-corrected chi connectivity index (χ2v) is 4.24. The zero-order valence-electron chi connectivity index (χ0n) is 8.30. The molecule has 2 N–H and O–H groups in total. The highest BCUT2D eigenvalue weighted by atomic mass is 79.9. The monoisotopic (exact) mass is 260 g/mol. The predicted octanol–water partition coefficient (Wildman–Crippen LogP) is 2.15. The standard InChI is InChI=1S/C10H14BrFN2/c1-14(2)10(6-13)7-3-4-9(12)8(11)5-7/h3-5,10H,6,13H2,1-2H3. The summed E-state index contributed by atoms with van der Waals surface area (Å²) in [6.45, 7) is 0.519. The Balaban J connectivity index is 3.00. The van der Waals surface area contributed by atoms with Crippen molar-refractivity contribution in [2.24, 2.45) is 5.73 Å². The number of rotatable bonds is 3. The molecular formula is C10H14BrFN2. The van der Waals surface area contributed by atoms with Gasteiger partial charge in [0.2, 0.25) is 0 Å². The van der Waals surface area contributed by atoms with Gasteiger partial charge in [-0.25, -0.2) is 4.39 Å². The summed E-state index contributed by atoms with van der Waals surface area (Å²) in [7, 11) is 3.91. The van der Waals surface area contributed by atoms with E-state index in [2.05, 4.69) is 15.9 Å². The molecule has 4 heteroatoms. The SMILES string of the molecule is CN(C)C(CN)c1ccc(F)c(Br)c1. The average Bonchev–Trinajstić information content (AvgIpc) is 2.11. The third kappa shape index (κ3) is 2.53. The molecule has 2 nitrogen and oxygen atoms in total. The highest BCUT2D eigenvalue weighted by Gasteiger charge is 2.13. The second kappa shape index (κ2) is 4.87. The molecule has 0 aromatic heterocycles. The Bertz CT molecular complexity index is 315. The molecule has 14 heavy (non-hydrogen) atoms. The van der Waals surface area contributed by atoms with Crippen LogP contribution in [0.25, 0.3) is 0 Å². The predicted molar refractivity (Wildman–Crippen MR) is 59.6 cm³/mol. The number of likely N-dealkylation sites (N-methyl/N-ethyl adjacent to an activating group) is 1. The van der Waals surface area contributed by atoms with Crippen molar-refractivity contribution in [2.75, 3.05) is 20.6 Å². The van der Waals surface area contributed by atoms with Crippen molar-refractivity contribution >= 4 is 15.9 Å². The first-order chi connectivity index (χ1) is 6.56. The van der Waals surface area contributed by atoms with Gasteiger partial charge in [-0.2, -0.15) is 0 Å². The molecule has 1 unspecified atom stereocenters. The average molecular weight is 261 g/mol. The number of nitrogens with two attached hydrogens (primary N) is 1. The Hall–Kier alpha value is -0.450. The highest BCUT2D eigenvalue weighted by Crippen LogP contribution is 2.23. The molecule has 0 heterocycles. The Morgan fingerprint density at radius 2 is 2.14 bits per heavy atom. The zero-order chi connectivity index (χ0) is 10.7. The van der Waals surface area contributed by atoms with Crippen molar-refractivity contribution in [2.45, 2.75) is 6.04 Å². The summed E-state index contributed by atoms with van der Waals surface area (Å²) in [5.41, 5.74) is 6.66. The Labute approximate surface area is 92.0 Å². The maximum Gasteiger partial charge on any atom is 0.137 e. The zero-order valence-corrected chi connectivity index (χ0v) is 9.88. The smallest absolute Gasteiger partial charge is 0.137 e. The molecule has 0 radical (unpaired) electrons. The van der Waals surface area contributed by atoms with Crippen molar-refractivity contribution in [1.82, 2.24) is 4.90 Å². The highest BCUT2D eigenvalue weighted by molar-refractivity contribution is 9.10. The van der Waals surface area contributed by atoms with Gasteiger partial charge in [0.15, 0.2) is 0 Å². The molecule has 0 aliphatic carbocycles. The van der Waals surface area contributed by atoms with Crippen LogP contribution in [0, 0.1) is 5.82 Å². The topological polar surface area (TPSA) is 29.3 Å². The van der Waals surface area contributed by atoms with Gasteiger partial charge in [0.1, 0.15) is 5.82 Å². The van der Waals surface area contributed by atoms with E-state index >= 15 is 0 Å². The molecular weight excluding hydrogens is 247 g/mol. The molecule has 0 saturated heterocycles. The maximum atomic E-state index is 13.0. The van der Waals surface area contributed by atoms with Gasteiger partial charge in [-0.05, 0) is 47.7 Å². The van der Waals surface area contributed by atoms with E-state index in [1.54, 1.807) is 12.1 Å². The van der Waals surface area contributed by atoms with Crippen molar-refractivity contribution in [1.29, 1.82) is 0 Å². The lowest BCUT2D eigenvalue weighted by Crippen LogP contribution is -2.27. The molecule has 0 bridgehead atoms. The second-order valence-electron chi connectivity index (χ2n) is 3.39. The van der Waals surface area contributed by atoms with Crippen molar-refractivity contribution in [3.8, 4) is 0 Å². The van der Waals surface area contributed by atoms with Crippen LogP contribution in [0.15, 0.2) is 22.7 Å². The van der Waals surface area contributed by atoms with Gasteiger partial charge in [0, 0.05) is 12.6 Å². The van der Waals surface area contributed by atoms with Gasteiger partial charge in [-0.1, -0.05) is 6.07 Å². The third-order valence-electron chi connectivity index (χ3n) is 2.18. The van der Waals surface area contributed by atoms with Gasteiger partial charge >= 0.3 is 0 Å². The van der Waals surface area contributed by atoms with Crippen LogP contribution >= 0.6 is 15.9 Å². The molecule has 78 valence electrons. The summed E-state index contributed by atoms with van der Waals surface area (Å²) < 4.78 is 13.5. The van der Waals surface area contributed by atoms with E-state index < -0.39 is 0 Å². The third-order valence-corrected chi connectivity index (χ3v) is 2.78. The van der Waals surface area contributed by atoms with Gasteiger partial charge in [-0.15, -0.1) is 0 Å². The minimum absolute atomic E-state index is 0.131. The van der Waals surface area contributed by atoms with Crippen molar-refractivity contribution in [3.63, 3.8) is 0 Å². The summed E-state index contributed by atoms with van der Waals surface area (Å²) in [5.74, 6) is -0.247. The van der Waals surface area contributed by atoms with Crippen LogP contribution in [0.3, 0.4) is 0 Å². The Kier molecular flexibility index (Phi) is 4.04. The lowest BCUT2D eigenvalue weighted by Gasteiger charge is -2.23. The number of benzene rings is 1. The molecule has 0 fully saturated rings. The summed E-state index contributed by atoms with van der Waals surface area (Å²) in [6, 6.07) is 5.11. The first-order valence-electron chi connectivity index (χ1n) is 4.37. The van der Waals surface area contributed by atoms with E-state index in [-0.39, 0.29) is 11.9 Å². The molecule has 0 amide bonds. The van der Waals surface area contributed by atoms with Crippen LogP contribution in [0.1, 0.15) is 11.6 Å². The van der Waals surface area contributed by atoms with Crippen LogP contribution in [-0.4, -0.2) is 25.5 Å². The first-order valence-corrected chi connectivity index (χ1v) is 5.17. The molecule has 0 saturated carbocycles. The maximum absolute atomic E-state index is 13.0. The quantitative estimate of drug-likeness (QED) is 0.903. The summed E-state index contributed by atoms with van der Waals surface area (Å²) in [4.78, 5) is 2.01. The Morgan fingerprint density at radius 3 is 2.57 bits per heavy atom. The van der Waals surface area contributed by atoms with Crippen LogP contribution in [0.4, 0.5) is 4.39 Å². The summed E-state index contributed by atoms with van der Waals surface area (Å²) in [6.07, 6.45) is 0. The largest absolute Gasteiger partial charge is 0.329 e. The van der Waals surface area contributed by atoms with Crippen LogP contribution in [0.5, 0.6) is 0 Å². The van der Waals surface area contributed by atoms with E-state index in [0.717, 1.165) is 5.56 Å². The minimum atomic E-state index is -0.247. The van der Waals surface area contributed by atoms with Crippen molar-refractivity contribution in [3.05, 3.63) is 34.1 Å². The molecule has 0 spiro atoms. The van der Waals surface area contributed by atoms with E-state index in [0.29, 0.717) is 11.0 Å². The lowest BCUT2D eigenvalue weighted by molar-refractivity contribution is 0.305. The summed E-state index contributed by atoms with van der Waals surface area (Å²) in [5, 5.41) is 0. The Morgan fingerprint density at radius 1 is 1.50 bits per heavy atom. The van der Waals surface area contributed by atoms with E-state index in [9.17, 15) is 4.39 Å². The number of hydrogen-bond donors (Lipinski definition) is 1. The first kappa shape index (κ1) is 11.6. The molecule has 0 aliphatic heterocycles. The van der Waals surface area contributed by atoms with Crippen LogP contribution in [0.2, 0.25) is 0 Å². The lowest BCUT2D eigenvalue weighted by atomic mass is 10.1. The van der Waals surface area contributed by atoms with Crippen molar-refractivity contribution < 1.29 is 4.39 Å². The van der Waals surface area contributed by atoms with E-state index in [4.69, 9.17) is 5.73 Å². The van der Waals surface area contributed by atoms with Gasteiger partial charge in [0.25, 0.3) is 0 Å². The molecule has 1 aromatic rings. The van der Waals surface area contributed by atoms with Crippen LogP contribution < -0.4 is 5.73 Å². The fraction of sp³-hybridized carbons (Fsp3) is 0.400. The van der Waals surface area contributed by atoms with Crippen LogP contribution in [-0.2, 0) is 0 Å². The molecule has 0 aliphatic rings. The molecule has 1 rings (SSSR count). The van der Waals surface area contributed by atoms with Gasteiger partial charge in [0.05, 0.1) is 4.47 Å². The number of nitrogens with zero attached hydrogens (tertiary/aromatic N) is 1. The molecule has 1 aromatic carbocycles. The molecule has 1 atom stereocenters. The fourth-order valence-electron chi connectivity index (χ4n) is 1.36. The summed E-state index contributed by atoms with van der Waals surface area (Å²) >= 11 is 3.16.